The summed E-state index contributed by atoms with van der Waals surface area (Å²) in [7, 11) is -3.10. The molecular formula is C9H12N2O4S. The van der Waals surface area contributed by atoms with Gasteiger partial charge >= 0.3 is 5.97 Å². The van der Waals surface area contributed by atoms with Crippen LogP contribution in [0.1, 0.15) is 23.8 Å². The first-order valence-electron chi connectivity index (χ1n) is 4.95. The Morgan fingerprint density at radius 2 is 2.38 bits per heavy atom. The lowest BCUT2D eigenvalue weighted by Gasteiger charge is -2.08. The van der Waals surface area contributed by atoms with Gasteiger partial charge in [-0.05, 0) is 12.8 Å². The van der Waals surface area contributed by atoms with Crippen molar-refractivity contribution >= 4 is 15.8 Å². The highest BCUT2D eigenvalue weighted by molar-refractivity contribution is 7.91. The fraction of sp³-hybridized carbons (Fsp3) is 0.556. The quantitative estimate of drug-likeness (QED) is 0.821. The predicted molar refractivity (Wildman–Crippen MR) is 55.6 cm³/mol. The molecule has 1 aromatic rings. The minimum absolute atomic E-state index is 0.132. The van der Waals surface area contributed by atoms with E-state index < -0.39 is 21.2 Å². The van der Waals surface area contributed by atoms with Crippen LogP contribution in [0.2, 0.25) is 0 Å². The van der Waals surface area contributed by atoms with E-state index in [0.717, 1.165) is 0 Å². The van der Waals surface area contributed by atoms with Gasteiger partial charge in [-0.2, -0.15) is 5.10 Å². The molecule has 0 aliphatic carbocycles. The SMILES string of the molecule is O=C(O)Cc1cnn(C2CCCS2(=O)=O)c1. The van der Waals surface area contributed by atoms with Crippen LogP contribution >= 0.6 is 0 Å². The van der Waals surface area contributed by atoms with Gasteiger partial charge in [0.2, 0.25) is 0 Å². The van der Waals surface area contributed by atoms with Crippen LogP contribution in [0.25, 0.3) is 0 Å². The van der Waals surface area contributed by atoms with Crippen LogP contribution in [-0.4, -0.2) is 35.0 Å². The molecule has 1 atom stereocenters. The van der Waals surface area contributed by atoms with Crippen LogP contribution in [0.3, 0.4) is 0 Å². The first kappa shape index (κ1) is 11.1. The number of sulfone groups is 1. The molecule has 2 rings (SSSR count). The minimum atomic E-state index is -3.10. The lowest BCUT2D eigenvalue weighted by molar-refractivity contribution is -0.136. The zero-order valence-electron chi connectivity index (χ0n) is 8.54. The fourth-order valence-electron chi connectivity index (χ4n) is 1.87. The Labute approximate surface area is 92.8 Å². The van der Waals surface area contributed by atoms with Crippen molar-refractivity contribution in [3.8, 4) is 0 Å². The van der Waals surface area contributed by atoms with Gasteiger partial charge in [-0.25, -0.2) is 8.42 Å². The summed E-state index contributed by atoms with van der Waals surface area (Å²) in [4.78, 5) is 10.5. The van der Waals surface area contributed by atoms with Crippen molar-refractivity contribution in [1.82, 2.24) is 9.78 Å². The standard InChI is InChI=1S/C9H12N2O4S/c12-9(13)4-7-5-10-11(6-7)8-2-1-3-16(8,14)15/h5-6,8H,1-4H2,(H,12,13). The van der Waals surface area contributed by atoms with Crippen LogP contribution in [-0.2, 0) is 21.1 Å². The molecule has 16 heavy (non-hydrogen) atoms. The van der Waals surface area contributed by atoms with E-state index in [9.17, 15) is 13.2 Å². The van der Waals surface area contributed by atoms with Crippen molar-refractivity contribution in [3.63, 3.8) is 0 Å². The monoisotopic (exact) mass is 244 g/mol. The van der Waals surface area contributed by atoms with Gasteiger partial charge in [0.05, 0.1) is 18.4 Å². The molecule has 1 fully saturated rings. The summed E-state index contributed by atoms with van der Waals surface area (Å²) in [5.74, 6) is -0.764. The third-order valence-electron chi connectivity index (χ3n) is 2.60. The van der Waals surface area contributed by atoms with Crippen LogP contribution < -0.4 is 0 Å². The summed E-state index contributed by atoms with van der Waals surface area (Å²) in [5.41, 5.74) is 0.523. The zero-order valence-corrected chi connectivity index (χ0v) is 9.35. The molecule has 6 nitrogen and oxygen atoms in total. The zero-order chi connectivity index (χ0) is 11.8. The molecular weight excluding hydrogens is 232 g/mol. The van der Waals surface area contributed by atoms with Gasteiger partial charge in [0.1, 0.15) is 0 Å². The maximum absolute atomic E-state index is 11.6. The van der Waals surface area contributed by atoms with E-state index in [1.807, 2.05) is 0 Å². The molecule has 1 aliphatic rings. The van der Waals surface area contributed by atoms with Crippen LogP contribution in [0.15, 0.2) is 12.4 Å². The summed E-state index contributed by atoms with van der Waals surface area (Å²) in [6, 6.07) is 0. The predicted octanol–water partition coefficient (Wildman–Crippen LogP) is 0.217. The molecule has 0 spiro atoms. The van der Waals surface area contributed by atoms with Crippen molar-refractivity contribution < 1.29 is 18.3 Å². The maximum atomic E-state index is 11.6. The molecule has 88 valence electrons. The van der Waals surface area contributed by atoms with Gasteiger partial charge in [0.15, 0.2) is 15.2 Å². The summed E-state index contributed by atoms with van der Waals surface area (Å²) in [5, 5.41) is 11.9. The van der Waals surface area contributed by atoms with E-state index in [-0.39, 0.29) is 12.2 Å². The van der Waals surface area contributed by atoms with Gasteiger partial charge in [0, 0.05) is 11.8 Å². The number of nitrogens with zero attached hydrogens (tertiary/aromatic N) is 2. The number of carbonyl (C=O) groups is 1. The number of aliphatic carboxylic acids is 1. The first-order valence-corrected chi connectivity index (χ1v) is 6.67. The second-order valence-electron chi connectivity index (χ2n) is 3.86. The Morgan fingerprint density at radius 1 is 1.62 bits per heavy atom. The Hall–Kier alpha value is -1.37. The Balaban J connectivity index is 2.22. The molecule has 2 heterocycles. The van der Waals surface area contributed by atoms with Crippen molar-refractivity contribution in [3.05, 3.63) is 18.0 Å². The molecule has 1 unspecified atom stereocenters. The van der Waals surface area contributed by atoms with Crippen LogP contribution in [0.4, 0.5) is 0 Å². The lowest BCUT2D eigenvalue weighted by Crippen LogP contribution is -2.15. The molecule has 1 saturated heterocycles. The maximum Gasteiger partial charge on any atom is 0.307 e. The average molecular weight is 244 g/mol. The van der Waals surface area contributed by atoms with Gasteiger partial charge < -0.3 is 5.11 Å². The molecule has 0 amide bonds. The second-order valence-corrected chi connectivity index (χ2v) is 6.14. The number of rotatable bonds is 3. The molecule has 1 aliphatic heterocycles. The smallest absolute Gasteiger partial charge is 0.307 e. The normalized spacial score (nSPS) is 23.4. The van der Waals surface area contributed by atoms with Crippen molar-refractivity contribution in [1.29, 1.82) is 0 Å². The van der Waals surface area contributed by atoms with Crippen molar-refractivity contribution in [2.24, 2.45) is 0 Å². The van der Waals surface area contributed by atoms with Crippen molar-refractivity contribution in [2.45, 2.75) is 24.6 Å². The summed E-state index contributed by atoms with van der Waals surface area (Å²) < 4.78 is 24.6. The Bertz CT molecular complexity index is 505. The molecule has 0 bridgehead atoms. The Kier molecular flexibility index (Phi) is 2.71. The van der Waals surface area contributed by atoms with E-state index in [1.54, 1.807) is 0 Å². The highest BCUT2D eigenvalue weighted by Crippen LogP contribution is 2.29. The number of hydrogen-bond donors (Lipinski definition) is 1. The van der Waals surface area contributed by atoms with Gasteiger partial charge in [0.25, 0.3) is 0 Å². The molecule has 7 heteroatoms. The van der Waals surface area contributed by atoms with Gasteiger partial charge in [-0.1, -0.05) is 0 Å². The van der Waals surface area contributed by atoms with Crippen LogP contribution in [0.5, 0.6) is 0 Å². The third kappa shape index (κ3) is 2.08. The van der Waals surface area contributed by atoms with E-state index in [1.165, 1.54) is 17.1 Å². The molecule has 0 aromatic carbocycles. The van der Waals surface area contributed by atoms with E-state index in [0.29, 0.717) is 18.4 Å². The van der Waals surface area contributed by atoms with Gasteiger partial charge in [-0.15, -0.1) is 0 Å². The average Bonchev–Trinajstić information content (AvgIpc) is 2.70. The van der Waals surface area contributed by atoms with Gasteiger partial charge in [-0.3, -0.25) is 9.48 Å². The summed E-state index contributed by atoms with van der Waals surface area (Å²) >= 11 is 0. The molecule has 1 N–H and O–H groups in total. The number of carboxylic acid groups (broad SMARTS) is 1. The summed E-state index contributed by atoms with van der Waals surface area (Å²) in [6.07, 6.45) is 3.97. The molecule has 0 radical (unpaired) electrons. The second kappa shape index (κ2) is 3.89. The van der Waals surface area contributed by atoms with Crippen LogP contribution in [0, 0.1) is 0 Å². The highest BCUT2D eigenvalue weighted by Gasteiger charge is 2.33. The highest BCUT2D eigenvalue weighted by atomic mass is 32.2. The number of carboxylic acids is 1. The summed E-state index contributed by atoms with van der Waals surface area (Å²) in [6.45, 7) is 0. The van der Waals surface area contributed by atoms with Crippen molar-refractivity contribution in [2.75, 3.05) is 5.75 Å². The minimum Gasteiger partial charge on any atom is -0.481 e. The van der Waals surface area contributed by atoms with E-state index >= 15 is 0 Å². The lowest BCUT2D eigenvalue weighted by atomic mass is 10.3. The molecule has 0 saturated carbocycles. The number of hydrogen-bond acceptors (Lipinski definition) is 4. The Morgan fingerprint density at radius 3 is 2.94 bits per heavy atom. The molecule has 1 aromatic heterocycles. The topological polar surface area (TPSA) is 89.3 Å². The fourth-order valence-corrected chi connectivity index (χ4v) is 3.68. The van der Waals surface area contributed by atoms with E-state index in [4.69, 9.17) is 5.11 Å². The largest absolute Gasteiger partial charge is 0.481 e. The van der Waals surface area contributed by atoms with E-state index in [2.05, 4.69) is 5.10 Å². The third-order valence-corrected chi connectivity index (χ3v) is 4.74. The first-order chi connectivity index (χ1) is 7.49. The number of aromatic nitrogens is 2.